The Bertz CT molecular complexity index is 876. The minimum absolute atomic E-state index is 0. The lowest BCUT2D eigenvalue weighted by molar-refractivity contribution is 0.0341. The van der Waals surface area contributed by atoms with E-state index in [0.29, 0.717) is 19.2 Å². The number of fused-ring (bicyclic) bond motifs is 1. The molecule has 0 saturated carbocycles. The van der Waals surface area contributed by atoms with Crippen LogP contribution in [0.2, 0.25) is 5.02 Å². The van der Waals surface area contributed by atoms with Crippen molar-refractivity contribution in [2.75, 3.05) is 31.6 Å². The molecule has 2 aromatic carbocycles. The highest BCUT2D eigenvalue weighted by atomic mass is 35.5. The molecular weight excluding hydrogens is 428 g/mol. The van der Waals surface area contributed by atoms with Crippen LogP contribution >= 0.6 is 36.4 Å². The maximum Gasteiger partial charge on any atom is 0.295 e. The number of nitrogens with one attached hydrogen (secondary N) is 2. The first-order valence-corrected chi connectivity index (χ1v) is 8.95. The van der Waals surface area contributed by atoms with Gasteiger partial charge in [-0.25, -0.2) is 4.39 Å². The smallest absolute Gasteiger partial charge is 0.295 e. The van der Waals surface area contributed by atoms with Crippen molar-refractivity contribution >= 4 is 53.5 Å². The van der Waals surface area contributed by atoms with Crippen LogP contribution < -0.4 is 10.6 Å². The summed E-state index contributed by atoms with van der Waals surface area (Å²) in [7, 11) is 0. The summed E-state index contributed by atoms with van der Waals surface area (Å²) < 4.78 is 25.6. The van der Waals surface area contributed by atoms with Crippen LogP contribution in [0.3, 0.4) is 0 Å². The Kier molecular flexibility index (Phi) is 8.34. The number of hydrogen-bond donors (Lipinski definition) is 2. The molecule has 1 aromatic heterocycles. The van der Waals surface area contributed by atoms with Crippen LogP contribution in [-0.4, -0.2) is 31.2 Å². The topological polar surface area (TPSA) is 59.3 Å². The van der Waals surface area contributed by atoms with Gasteiger partial charge in [0.15, 0.2) is 5.58 Å². The van der Waals surface area contributed by atoms with Crippen LogP contribution in [0.4, 0.5) is 10.4 Å². The number of rotatable bonds is 4. The van der Waals surface area contributed by atoms with E-state index in [-0.39, 0.29) is 41.9 Å². The lowest BCUT2D eigenvalue weighted by atomic mass is 9.95. The van der Waals surface area contributed by atoms with Gasteiger partial charge in [-0.15, -0.1) is 24.8 Å². The highest BCUT2D eigenvalue weighted by Crippen LogP contribution is 2.30. The highest BCUT2D eigenvalue weighted by Gasteiger charge is 2.27. The van der Waals surface area contributed by atoms with Crippen molar-refractivity contribution in [3.05, 3.63) is 58.9 Å². The zero-order valence-corrected chi connectivity index (χ0v) is 17.2. The van der Waals surface area contributed by atoms with Crippen LogP contribution in [0.5, 0.6) is 0 Å². The Labute approximate surface area is 179 Å². The first-order chi connectivity index (χ1) is 12.7. The average Bonchev–Trinajstić information content (AvgIpc) is 2.92. The van der Waals surface area contributed by atoms with Gasteiger partial charge < -0.3 is 19.8 Å². The van der Waals surface area contributed by atoms with E-state index in [2.05, 4.69) is 15.6 Å². The molecule has 9 heteroatoms. The Balaban J connectivity index is 0.00000140. The van der Waals surface area contributed by atoms with Crippen LogP contribution in [0.15, 0.2) is 46.9 Å². The molecule has 0 amide bonds. The number of para-hydroxylation sites is 2. The molecule has 1 saturated heterocycles. The van der Waals surface area contributed by atoms with Crippen molar-refractivity contribution in [2.24, 2.45) is 5.92 Å². The molecule has 5 nitrogen and oxygen atoms in total. The lowest BCUT2D eigenvalue weighted by Crippen LogP contribution is -2.30. The van der Waals surface area contributed by atoms with E-state index in [4.69, 9.17) is 20.8 Å². The molecule has 4 rings (SSSR count). The number of hydrogen-bond acceptors (Lipinski definition) is 5. The van der Waals surface area contributed by atoms with Crippen molar-refractivity contribution < 1.29 is 13.5 Å². The summed E-state index contributed by atoms with van der Waals surface area (Å²) in [5.41, 5.74) is 2.32. The van der Waals surface area contributed by atoms with Gasteiger partial charge in [-0.05, 0) is 29.8 Å². The van der Waals surface area contributed by atoms with Gasteiger partial charge in [0.05, 0.1) is 17.7 Å². The number of halogens is 4. The Morgan fingerprint density at radius 1 is 1.21 bits per heavy atom. The van der Waals surface area contributed by atoms with Gasteiger partial charge in [0.2, 0.25) is 0 Å². The van der Waals surface area contributed by atoms with Crippen molar-refractivity contribution in [3.63, 3.8) is 0 Å². The predicted octanol–water partition coefficient (Wildman–Crippen LogP) is 4.85. The SMILES string of the molecule is Cl.Cl.Fc1cc([C@@H]2OCCNC[C@H]2CNc2nc3ccccc3o2)ccc1Cl. The van der Waals surface area contributed by atoms with E-state index >= 15 is 0 Å². The molecule has 0 aliphatic carbocycles. The summed E-state index contributed by atoms with van der Waals surface area (Å²) in [6.07, 6.45) is -0.242. The molecule has 0 spiro atoms. The molecular formula is C19H21Cl3FN3O2. The number of nitrogens with zero attached hydrogens (tertiary/aromatic N) is 1. The fourth-order valence-corrected chi connectivity index (χ4v) is 3.31. The number of ether oxygens (including phenoxy) is 1. The molecule has 2 N–H and O–H groups in total. The molecule has 1 aliphatic rings. The van der Waals surface area contributed by atoms with Crippen LogP contribution in [0.25, 0.3) is 11.1 Å². The van der Waals surface area contributed by atoms with Crippen molar-refractivity contribution in [1.82, 2.24) is 10.3 Å². The summed E-state index contributed by atoms with van der Waals surface area (Å²) in [4.78, 5) is 4.43. The summed E-state index contributed by atoms with van der Waals surface area (Å²) in [6, 6.07) is 12.9. The second-order valence-corrected chi connectivity index (χ2v) is 6.70. The first kappa shape index (κ1) is 22.7. The van der Waals surface area contributed by atoms with Gasteiger partial charge in [-0.1, -0.05) is 29.8 Å². The summed E-state index contributed by atoms with van der Waals surface area (Å²) >= 11 is 5.81. The van der Waals surface area contributed by atoms with E-state index in [9.17, 15) is 4.39 Å². The minimum atomic E-state index is -0.435. The third-order valence-electron chi connectivity index (χ3n) is 4.49. The molecule has 0 unspecified atom stereocenters. The zero-order valence-electron chi connectivity index (χ0n) is 14.9. The Hall–Kier alpha value is -1.57. The van der Waals surface area contributed by atoms with Gasteiger partial charge in [-0.2, -0.15) is 4.98 Å². The fourth-order valence-electron chi connectivity index (χ4n) is 3.19. The van der Waals surface area contributed by atoms with Gasteiger partial charge in [0.1, 0.15) is 11.3 Å². The molecule has 28 heavy (non-hydrogen) atoms. The van der Waals surface area contributed by atoms with Gasteiger partial charge in [0, 0.05) is 25.6 Å². The Morgan fingerprint density at radius 2 is 2.04 bits per heavy atom. The first-order valence-electron chi connectivity index (χ1n) is 8.57. The normalized spacial score (nSPS) is 19.4. The molecule has 2 heterocycles. The highest BCUT2D eigenvalue weighted by molar-refractivity contribution is 6.30. The van der Waals surface area contributed by atoms with Crippen LogP contribution in [0.1, 0.15) is 11.7 Å². The number of oxazole rings is 1. The van der Waals surface area contributed by atoms with E-state index in [1.807, 2.05) is 30.3 Å². The molecule has 2 atom stereocenters. The molecule has 0 bridgehead atoms. The van der Waals surface area contributed by atoms with Crippen LogP contribution in [0, 0.1) is 11.7 Å². The van der Waals surface area contributed by atoms with Gasteiger partial charge in [0.25, 0.3) is 6.01 Å². The minimum Gasteiger partial charge on any atom is -0.424 e. The third kappa shape index (κ3) is 5.07. The predicted molar refractivity (Wildman–Crippen MR) is 113 cm³/mol. The van der Waals surface area contributed by atoms with Gasteiger partial charge in [-0.3, -0.25) is 0 Å². The third-order valence-corrected chi connectivity index (χ3v) is 4.80. The monoisotopic (exact) mass is 447 g/mol. The number of anilines is 1. The second-order valence-electron chi connectivity index (χ2n) is 6.30. The number of aromatic nitrogens is 1. The van der Waals surface area contributed by atoms with E-state index in [0.717, 1.165) is 29.8 Å². The fraction of sp³-hybridized carbons (Fsp3) is 0.316. The maximum absolute atomic E-state index is 13.9. The lowest BCUT2D eigenvalue weighted by Gasteiger charge is -2.25. The van der Waals surface area contributed by atoms with Crippen molar-refractivity contribution in [1.29, 1.82) is 0 Å². The van der Waals surface area contributed by atoms with Crippen LogP contribution in [-0.2, 0) is 4.74 Å². The van der Waals surface area contributed by atoms with E-state index in [1.54, 1.807) is 6.07 Å². The largest absolute Gasteiger partial charge is 0.424 e. The Morgan fingerprint density at radius 3 is 2.82 bits per heavy atom. The van der Waals surface area contributed by atoms with E-state index < -0.39 is 5.82 Å². The zero-order chi connectivity index (χ0) is 17.9. The molecule has 152 valence electrons. The molecule has 1 aliphatic heterocycles. The average molecular weight is 449 g/mol. The molecule has 0 radical (unpaired) electrons. The van der Waals surface area contributed by atoms with Crippen molar-refractivity contribution in [2.45, 2.75) is 6.10 Å². The quantitative estimate of drug-likeness (QED) is 0.597. The molecule has 1 fully saturated rings. The van der Waals surface area contributed by atoms with Crippen molar-refractivity contribution in [3.8, 4) is 0 Å². The number of benzene rings is 2. The van der Waals surface area contributed by atoms with E-state index in [1.165, 1.54) is 6.07 Å². The second kappa shape index (κ2) is 10.3. The maximum atomic E-state index is 13.9. The molecule has 3 aromatic rings. The standard InChI is InChI=1S/C19H19ClFN3O2.2ClH/c20-14-6-5-12(9-15(14)21)18-13(10-22-7-8-25-18)11-23-19-24-16-3-1-2-4-17(16)26-19;;/h1-6,9,13,18,22H,7-8,10-11H2,(H,23,24);2*1H/t13-,18-;;/m0../s1. The summed E-state index contributed by atoms with van der Waals surface area (Å²) in [6.45, 7) is 2.64. The summed E-state index contributed by atoms with van der Waals surface area (Å²) in [5, 5.41) is 6.70. The summed E-state index contributed by atoms with van der Waals surface area (Å²) in [5.74, 6) is -0.358. The van der Waals surface area contributed by atoms with Gasteiger partial charge >= 0.3 is 0 Å².